The number of nitrogens with zero attached hydrogens (tertiary/aromatic N) is 1. The highest BCUT2D eigenvalue weighted by Gasteiger charge is 2.07. The van der Waals surface area contributed by atoms with Gasteiger partial charge in [0.25, 0.3) is 5.69 Å². The summed E-state index contributed by atoms with van der Waals surface area (Å²) in [4.78, 5) is 10.2. The van der Waals surface area contributed by atoms with Gasteiger partial charge in [-0.25, -0.2) is 0 Å². The van der Waals surface area contributed by atoms with Crippen molar-refractivity contribution in [2.45, 2.75) is 33.1 Å². The number of nitrogens with one attached hydrogen (secondary N) is 1. The molecule has 0 spiro atoms. The molecule has 0 saturated carbocycles. The van der Waals surface area contributed by atoms with Crippen LogP contribution in [-0.2, 0) is 4.74 Å². The van der Waals surface area contributed by atoms with Crippen LogP contribution in [0, 0.1) is 17.0 Å². The third kappa shape index (κ3) is 5.70. The van der Waals surface area contributed by atoms with E-state index < -0.39 is 0 Å². The van der Waals surface area contributed by atoms with E-state index in [4.69, 9.17) is 4.74 Å². The molecule has 1 rings (SSSR count). The first-order valence-corrected chi connectivity index (χ1v) is 6.71. The number of aryl methyl sites for hydroxylation is 1. The van der Waals surface area contributed by atoms with Crippen molar-refractivity contribution in [2.24, 2.45) is 0 Å². The highest BCUT2D eigenvalue weighted by Crippen LogP contribution is 2.20. The van der Waals surface area contributed by atoms with Gasteiger partial charge in [-0.3, -0.25) is 10.1 Å². The number of hydrogen-bond acceptors (Lipinski definition) is 4. The van der Waals surface area contributed by atoms with Gasteiger partial charge in [-0.15, -0.1) is 0 Å². The molecule has 0 aliphatic heterocycles. The number of non-ortho nitro benzene ring substituents is 1. The lowest BCUT2D eigenvalue weighted by Crippen LogP contribution is -2.07. The first-order chi connectivity index (χ1) is 9.15. The Bertz CT molecular complexity index is 408. The van der Waals surface area contributed by atoms with Gasteiger partial charge in [-0.2, -0.15) is 0 Å². The van der Waals surface area contributed by atoms with Crippen LogP contribution in [-0.4, -0.2) is 24.7 Å². The van der Waals surface area contributed by atoms with Crippen LogP contribution in [0.2, 0.25) is 0 Å². The number of benzene rings is 1. The Morgan fingerprint density at radius 3 is 2.68 bits per heavy atom. The summed E-state index contributed by atoms with van der Waals surface area (Å²) >= 11 is 0. The summed E-state index contributed by atoms with van der Waals surface area (Å²) in [7, 11) is 0. The summed E-state index contributed by atoms with van der Waals surface area (Å²) in [5.41, 5.74) is 1.96. The molecule has 0 unspecified atom stereocenters. The lowest BCUT2D eigenvalue weighted by Gasteiger charge is -2.09. The Labute approximate surface area is 114 Å². The molecule has 0 bridgehead atoms. The van der Waals surface area contributed by atoms with Gasteiger partial charge in [0.1, 0.15) is 0 Å². The molecule has 106 valence electrons. The molecule has 5 heteroatoms. The van der Waals surface area contributed by atoms with Crippen molar-refractivity contribution in [1.29, 1.82) is 0 Å². The average Bonchev–Trinajstić information content (AvgIpc) is 2.39. The predicted molar refractivity (Wildman–Crippen MR) is 76.7 cm³/mol. The molecule has 0 aromatic heterocycles. The van der Waals surface area contributed by atoms with Crippen molar-refractivity contribution < 1.29 is 9.66 Å². The van der Waals surface area contributed by atoms with Crippen molar-refractivity contribution in [3.8, 4) is 0 Å². The van der Waals surface area contributed by atoms with Crippen molar-refractivity contribution in [3.05, 3.63) is 33.9 Å². The van der Waals surface area contributed by atoms with E-state index in [-0.39, 0.29) is 10.6 Å². The van der Waals surface area contributed by atoms with E-state index in [0.29, 0.717) is 0 Å². The number of ether oxygens (including phenoxy) is 1. The Balaban J connectivity index is 2.28. The van der Waals surface area contributed by atoms with Gasteiger partial charge in [-0.1, -0.05) is 13.3 Å². The fraction of sp³-hybridized carbons (Fsp3) is 0.571. The van der Waals surface area contributed by atoms with Crippen LogP contribution in [0.25, 0.3) is 0 Å². The largest absolute Gasteiger partial charge is 0.385 e. The molecule has 19 heavy (non-hydrogen) atoms. The van der Waals surface area contributed by atoms with Crippen molar-refractivity contribution in [1.82, 2.24) is 0 Å². The minimum absolute atomic E-state index is 0.131. The molecule has 0 aliphatic carbocycles. The summed E-state index contributed by atoms with van der Waals surface area (Å²) in [5.74, 6) is 0. The van der Waals surface area contributed by atoms with Crippen LogP contribution in [0.4, 0.5) is 11.4 Å². The van der Waals surface area contributed by atoms with Crippen LogP contribution in [0.1, 0.15) is 31.7 Å². The van der Waals surface area contributed by atoms with Gasteiger partial charge in [0.15, 0.2) is 0 Å². The second-order valence-electron chi connectivity index (χ2n) is 4.50. The topological polar surface area (TPSA) is 64.4 Å². The van der Waals surface area contributed by atoms with E-state index in [9.17, 15) is 10.1 Å². The highest BCUT2D eigenvalue weighted by molar-refractivity contribution is 5.55. The Morgan fingerprint density at radius 1 is 1.32 bits per heavy atom. The summed E-state index contributed by atoms with van der Waals surface area (Å²) in [5, 5.41) is 13.9. The Morgan fingerprint density at radius 2 is 2.05 bits per heavy atom. The second-order valence-corrected chi connectivity index (χ2v) is 4.50. The smallest absolute Gasteiger partial charge is 0.269 e. The third-order valence-electron chi connectivity index (χ3n) is 2.84. The lowest BCUT2D eigenvalue weighted by molar-refractivity contribution is -0.384. The number of hydrogen-bond donors (Lipinski definition) is 1. The number of anilines is 1. The standard InChI is InChI=1S/C14H22N2O3/c1-3-4-9-19-10-5-8-15-14-7-6-13(16(17)18)11-12(14)2/h6-7,11,15H,3-5,8-10H2,1-2H3. The third-order valence-corrected chi connectivity index (χ3v) is 2.84. The van der Waals surface area contributed by atoms with E-state index in [1.807, 2.05) is 6.92 Å². The summed E-state index contributed by atoms with van der Waals surface area (Å²) < 4.78 is 5.46. The molecule has 0 radical (unpaired) electrons. The summed E-state index contributed by atoms with van der Waals surface area (Å²) in [6.45, 7) is 6.40. The van der Waals surface area contributed by atoms with Crippen LogP contribution < -0.4 is 5.32 Å². The van der Waals surface area contributed by atoms with Gasteiger partial charge in [0.05, 0.1) is 4.92 Å². The molecule has 1 aromatic rings. The van der Waals surface area contributed by atoms with E-state index in [2.05, 4.69) is 12.2 Å². The molecular formula is C14H22N2O3. The molecule has 0 saturated heterocycles. The van der Waals surface area contributed by atoms with E-state index >= 15 is 0 Å². The number of rotatable bonds is 9. The summed E-state index contributed by atoms with van der Waals surface area (Å²) in [6.07, 6.45) is 3.19. The van der Waals surface area contributed by atoms with Gasteiger partial charge >= 0.3 is 0 Å². The Hall–Kier alpha value is -1.62. The number of unbranched alkanes of at least 4 members (excludes halogenated alkanes) is 1. The van der Waals surface area contributed by atoms with Gasteiger partial charge < -0.3 is 10.1 Å². The molecule has 1 N–H and O–H groups in total. The van der Waals surface area contributed by atoms with E-state index in [1.165, 1.54) is 6.07 Å². The van der Waals surface area contributed by atoms with Gasteiger partial charge in [0, 0.05) is 37.6 Å². The SMILES string of the molecule is CCCCOCCCNc1ccc([N+](=O)[O-])cc1C. The van der Waals surface area contributed by atoms with Crippen molar-refractivity contribution in [2.75, 3.05) is 25.1 Å². The predicted octanol–water partition coefficient (Wildman–Crippen LogP) is 3.52. The molecule has 5 nitrogen and oxygen atoms in total. The molecule has 0 atom stereocenters. The molecule has 0 fully saturated rings. The molecular weight excluding hydrogens is 244 g/mol. The quantitative estimate of drug-likeness (QED) is 0.422. The second kappa shape index (κ2) is 8.48. The summed E-state index contributed by atoms with van der Waals surface area (Å²) in [6, 6.07) is 4.86. The normalized spacial score (nSPS) is 10.4. The highest BCUT2D eigenvalue weighted by atomic mass is 16.6. The minimum atomic E-state index is -0.377. The molecule has 0 aliphatic rings. The van der Waals surface area contributed by atoms with Gasteiger partial charge in [-0.05, 0) is 31.4 Å². The molecule has 0 heterocycles. The molecule has 0 amide bonds. The van der Waals surface area contributed by atoms with Crippen LogP contribution in [0.5, 0.6) is 0 Å². The van der Waals surface area contributed by atoms with Gasteiger partial charge in [0.2, 0.25) is 0 Å². The first kappa shape index (κ1) is 15.4. The zero-order valence-electron chi connectivity index (χ0n) is 11.6. The molecule has 1 aromatic carbocycles. The fourth-order valence-electron chi connectivity index (χ4n) is 1.71. The monoisotopic (exact) mass is 266 g/mol. The fourth-order valence-corrected chi connectivity index (χ4v) is 1.71. The number of nitro groups is 1. The number of nitro benzene ring substituents is 1. The first-order valence-electron chi connectivity index (χ1n) is 6.71. The maximum Gasteiger partial charge on any atom is 0.269 e. The zero-order chi connectivity index (χ0) is 14.1. The lowest BCUT2D eigenvalue weighted by atomic mass is 10.2. The average molecular weight is 266 g/mol. The van der Waals surface area contributed by atoms with Crippen LogP contribution in [0.15, 0.2) is 18.2 Å². The maximum absolute atomic E-state index is 10.6. The van der Waals surface area contributed by atoms with Crippen molar-refractivity contribution in [3.63, 3.8) is 0 Å². The Kier molecular flexibility index (Phi) is 6.89. The minimum Gasteiger partial charge on any atom is -0.385 e. The van der Waals surface area contributed by atoms with E-state index in [0.717, 1.165) is 50.3 Å². The van der Waals surface area contributed by atoms with Crippen molar-refractivity contribution >= 4 is 11.4 Å². The van der Waals surface area contributed by atoms with Crippen LogP contribution in [0.3, 0.4) is 0 Å². The van der Waals surface area contributed by atoms with Crippen LogP contribution >= 0.6 is 0 Å². The zero-order valence-corrected chi connectivity index (χ0v) is 11.6. The maximum atomic E-state index is 10.6. The van der Waals surface area contributed by atoms with E-state index in [1.54, 1.807) is 12.1 Å².